The summed E-state index contributed by atoms with van der Waals surface area (Å²) in [7, 11) is 0. The molecule has 34 heavy (non-hydrogen) atoms. The fourth-order valence-corrected chi connectivity index (χ4v) is 5.45. The van der Waals surface area contributed by atoms with E-state index in [1.54, 1.807) is 0 Å². The molecule has 1 fully saturated rings. The van der Waals surface area contributed by atoms with Crippen molar-refractivity contribution in [2.24, 2.45) is 0 Å². The highest BCUT2D eigenvalue weighted by molar-refractivity contribution is 7.99. The Bertz CT molecular complexity index is 1110. The maximum atomic E-state index is 10.5. The van der Waals surface area contributed by atoms with E-state index >= 15 is 0 Å². The van der Waals surface area contributed by atoms with E-state index < -0.39 is 0 Å². The summed E-state index contributed by atoms with van der Waals surface area (Å²) >= 11 is 3.13. The molecule has 178 valence electrons. The lowest BCUT2D eigenvalue weighted by Crippen LogP contribution is -2.05. The molecule has 1 amide bonds. The van der Waals surface area contributed by atoms with E-state index in [0.717, 1.165) is 47.6 Å². The van der Waals surface area contributed by atoms with Gasteiger partial charge in [-0.05, 0) is 68.2 Å². The molecule has 2 heterocycles. The lowest BCUT2D eigenvalue weighted by Gasteiger charge is -2.11. The molecule has 0 radical (unpaired) electrons. The number of pyridine rings is 2. The molecule has 2 atom stereocenters. The molecule has 3 aromatic rings. The molecular formula is C26H30N4O2S2. The number of carbonyl (C=O) groups is 1. The first-order valence-corrected chi connectivity index (χ1v) is 13.4. The molecule has 1 aliphatic rings. The van der Waals surface area contributed by atoms with Gasteiger partial charge in [0.15, 0.2) is 0 Å². The Hall–Kier alpha value is -2.71. The summed E-state index contributed by atoms with van der Waals surface area (Å²) in [4.78, 5) is 21.0. The average Bonchev–Trinajstić information content (AvgIpc) is 3.65. The van der Waals surface area contributed by atoms with Crippen molar-refractivity contribution in [3.8, 4) is 5.88 Å². The first-order valence-electron chi connectivity index (χ1n) is 11.6. The van der Waals surface area contributed by atoms with Crippen LogP contribution in [-0.2, 0) is 4.79 Å². The van der Waals surface area contributed by atoms with Gasteiger partial charge in [0.05, 0.1) is 6.61 Å². The number of ether oxygens (including phenoxy) is 1. The van der Waals surface area contributed by atoms with Gasteiger partial charge in [0.1, 0.15) is 10.8 Å². The van der Waals surface area contributed by atoms with Crippen molar-refractivity contribution in [1.82, 2.24) is 14.7 Å². The molecule has 2 aromatic heterocycles. The summed E-state index contributed by atoms with van der Waals surface area (Å²) in [5.74, 6) is 3.55. The van der Waals surface area contributed by atoms with Crippen LogP contribution in [0.2, 0.25) is 0 Å². The second-order valence-electron chi connectivity index (χ2n) is 8.15. The zero-order chi connectivity index (χ0) is 23.8. The molecule has 8 heteroatoms. The van der Waals surface area contributed by atoms with Gasteiger partial charge in [0, 0.05) is 41.1 Å². The number of anilines is 1. The maximum Gasteiger partial charge on any atom is 0.217 e. The molecule has 0 bridgehead atoms. The molecular weight excluding hydrogens is 464 g/mol. The number of amides is 1. The van der Waals surface area contributed by atoms with Gasteiger partial charge in [-0.25, -0.2) is 9.97 Å². The van der Waals surface area contributed by atoms with E-state index in [0.29, 0.717) is 24.9 Å². The smallest absolute Gasteiger partial charge is 0.217 e. The summed E-state index contributed by atoms with van der Waals surface area (Å²) in [6.07, 6.45) is 2.82. The van der Waals surface area contributed by atoms with Crippen LogP contribution in [0.4, 0.5) is 5.82 Å². The Morgan fingerprint density at radius 1 is 1.12 bits per heavy atom. The van der Waals surface area contributed by atoms with E-state index in [2.05, 4.69) is 46.2 Å². The molecule has 0 aliphatic heterocycles. The number of aromatic nitrogens is 2. The molecule has 1 aromatic carbocycles. The van der Waals surface area contributed by atoms with Crippen molar-refractivity contribution in [2.75, 3.05) is 24.2 Å². The van der Waals surface area contributed by atoms with E-state index in [9.17, 15) is 4.79 Å². The Balaban J connectivity index is 1.30. The average molecular weight is 495 g/mol. The molecule has 1 aliphatic carbocycles. The summed E-state index contributed by atoms with van der Waals surface area (Å²) in [5, 5.41) is 4.14. The number of hydrogen-bond acceptors (Lipinski definition) is 7. The molecule has 4 rings (SSSR count). The van der Waals surface area contributed by atoms with Crippen molar-refractivity contribution >= 4 is 35.9 Å². The first-order chi connectivity index (χ1) is 16.7. The highest BCUT2D eigenvalue weighted by Gasteiger charge is 2.41. The third kappa shape index (κ3) is 6.67. The fourth-order valence-electron chi connectivity index (χ4n) is 3.95. The van der Waals surface area contributed by atoms with E-state index in [1.165, 1.54) is 28.0 Å². The number of carbonyl (C=O) groups excluding carboxylic acids is 1. The third-order valence-electron chi connectivity index (χ3n) is 5.59. The lowest BCUT2D eigenvalue weighted by atomic mass is 10.0. The predicted molar refractivity (Wildman–Crippen MR) is 140 cm³/mol. The van der Waals surface area contributed by atoms with Crippen LogP contribution in [0.1, 0.15) is 48.4 Å². The number of hydrogen-bond donors (Lipinski definition) is 2. The Labute approximate surface area is 209 Å². The van der Waals surface area contributed by atoms with Crippen LogP contribution in [0.5, 0.6) is 5.88 Å². The number of thioether (sulfide) groups is 1. The van der Waals surface area contributed by atoms with Crippen LogP contribution >= 0.6 is 23.7 Å². The van der Waals surface area contributed by atoms with Crippen LogP contribution in [0.3, 0.4) is 0 Å². The number of benzene rings is 1. The maximum absolute atomic E-state index is 10.5. The minimum Gasteiger partial charge on any atom is -0.478 e. The SMILES string of the molecule is CCOc1cccc(C2CC2c2cc(C)ccc2SCCCNc2cccc(SNC=O)n2)n1. The Morgan fingerprint density at radius 2 is 2.00 bits per heavy atom. The third-order valence-corrected chi connectivity index (χ3v) is 7.42. The van der Waals surface area contributed by atoms with E-state index in [1.807, 2.05) is 49.0 Å². The van der Waals surface area contributed by atoms with Crippen molar-refractivity contribution in [3.63, 3.8) is 0 Å². The topological polar surface area (TPSA) is 76.1 Å². The molecule has 1 saturated carbocycles. The summed E-state index contributed by atoms with van der Waals surface area (Å²) in [6, 6.07) is 18.7. The highest BCUT2D eigenvalue weighted by Crippen LogP contribution is 2.56. The minimum atomic E-state index is 0.466. The van der Waals surface area contributed by atoms with Gasteiger partial charge in [-0.1, -0.05) is 29.8 Å². The Morgan fingerprint density at radius 3 is 2.85 bits per heavy atom. The second kappa shape index (κ2) is 12.1. The molecule has 2 N–H and O–H groups in total. The summed E-state index contributed by atoms with van der Waals surface area (Å²) < 4.78 is 8.16. The van der Waals surface area contributed by atoms with Gasteiger partial charge < -0.3 is 10.1 Å². The van der Waals surface area contributed by atoms with Gasteiger partial charge in [-0.2, -0.15) is 0 Å². The highest BCUT2D eigenvalue weighted by atomic mass is 32.2. The standard InChI is InChI=1S/C26H30N4O2S2/c1-3-32-25-9-4-7-22(29-25)20-16-19(20)21-15-18(2)11-12-23(21)33-14-6-13-27-24-8-5-10-26(30-24)34-28-17-31/h4-5,7-12,15,17,19-20H,3,6,13-14,16H2,1-2H3,(H,27,30)(H,28,31). The van der Waals surface area contributed by atoms with Crippen molar-refractivity contribution in [3.05, 3.63) is 71.4 Å². The summed E-state index contributed by atoms with van der Waals surface area (Å²) in [5.41, 5.74) is 3.88. The van der Waals surface area contributed by atoms with Crippen molar-refractivity contribution in [1.29, 1.82) is 0 Å². The largest absolute Gasteiger partial charge is 0.478 e. The molecule has 0 spiro atoms. The summed E-state index contributed by atoms with van der Waals surface area (Å²) in [6.45, 7) is 5.63. The quantitative estimate of drug-likeness (QED) is 0.135. The molecule has 0 saturated heterocycles. The minimum absolute atomic E-state index is 0.466. The van der Waals surface area contributed by atoms with Crippen LogP contribution < -0.4 is 14.8 Å². The van der Waals surface area contributed by atoms with Crippen molar-refractivity contribution in [2.45, 2.75) is 48.4 Å². The van der Waals surface area contributed by atoms with E-state index in [4.69, 9.17) is 9.72 Å². The van der Waals surface area contributed by atoms with Crippen LogP contribution in [-0.4, -0.2) is 35.3 Å². The van der Waals surface area contributed by atoms with Gasteiger partial charge in [-0.15, -0.1) is 11.8 Å². The number of nitrogens with one attached hydrogen (secondary N) is 2. The molecule has 2 unspecified atom stereocenters. The lowest BCUT2D eigenvalue weighted by molar-refractivity contribution is -0.107. The van der Waals surface area contributed by atoms with Gasteiger partial charge in [0.2, 0.25) is 12.3 Å². The van der Waals surface area contributed by atoms with E-state index in [-0.39, 0.29) is 0 Å². The predicted octanol–water partition coefficient (Wildman–Crippen LogP) is 5.80. The van der Waals surface area contributed by atoms with Gasteiger partial charge in [0.25, 0.3) is 0 Å². The van der Waals surface area contributed by atoms with Gasteiger partial charge >= 0.3 is 0 Å². The number of nitrogens with zero attached hydrogens (tertiary/aromatic N) is 2. The monoisotopic (exact) mass is 494 g/mol. The van der Waals surface area contributed by atoms with Crippen LogP contribution in [0.15, 0.2) is 64.5 Å². The number of aryl methyl sites for hydroxylation is 1. The normalized spacial score (nSPS) is 16.6. The van der Waals surface area contributed by atoms with Crippen LogP contribution in [0.25, 0.3) is 0 Å². The van der Waals surface area contributed by atoms with Crippen molar-refractivity contribution < 1.29 is 9.53 Å². The zero-order valence-electron chi connectivity index (χ0n) is 19.5. The number of rotatable bonds is 13. The first kappa shape index (κ1) is 24.4. The fraction of sp³-hybridized carbons (Fsp3) is 0.346. The van der Waals surface area contributed by atoms with Gasteiger partial charge in [-0.3, -0.25) is 9.52 Å². The Kier molecular flexibility index (Phi) is 8.71. The van der Waals surface area contributed by atoms with Crippen LogP contribution in [0, 0.1) is 6.92 Å². The second-order valence-corrected chi connectivity index (χ2v) is 10.1. The zero-order valence-corrected chi connectivity index (χ0v) is 21.1. The molecule has 6 nitrogen and oxygen atoms in total.